The lowest BCUT2D eigenvalue weighted by Gasteiger charge is -2.15. The van der Waals surface area contributed by atoms with Crippen LogP contribution in [0.5, 0.6) is 5.75 Å². The van der Waals surface area contributed by atoms with Crippen molar-refractivity contribution >= 4 is 27.5 Å². The van der Waals surface area contributed by atoms with Crippen molar-refractivity contribution in [2.24, 2.45) is 0 Å². The summed E-state index contributed by atoms with van der Waals surface area (Å²) in [5, 5.41) is -0.0935. The Kier molecular flexibility index (Phi) is 5.00. The Labute approximate surface area is 133 Å². The Morgan fingerprint density at radius 3 is 2.62 bits per heavy atom. The Morgan fingerprint density at radius 1 is 1.33 bits per heavy atom. The van der Waals surface area contributed by atoms with Gasteiger partial charge in [-0.2, -0.15) is 0 Å². The van der Waals surface area contributed by atoms with Crippen molar-refractivity contribution < 1.29 is 13.5 Å². The van der Waals surface area contributed by atoms with Gasteiger partial charge < -0.3 is 9.30 Å². The minimum Gasteiger partial charge on any atom is -0.497 e. The Bertz CT molecular complexity index is 719. The lowest BCUT2D eigenvalue weighted by atomic mass is 10.1. The van der Waals surface area contributed by atoms with Crippen LogP contribution in [0.3, 0.4) is 0 Å². The van der Waals surface area contributed by atoms with Crippen LogP contribution in [-0.2, 0) is 6.54 Å². The van der Waals surface area contributed by atoms with Gasteiger partial charge in [0.1, 0.15) is 10.8 Å². The number of methoxy groups -OCH3 is 1. The lowest BCUT2D eigenvalue weighted by Crippen LogP contribution is -2.25. The first-order chi connectivity index (χ1) is 9.93. The van der Waals surface area contributed by atoms with E-state index in [2.05, 4.69) is 15.9 Å². The highest BCUT2D eigenvalue weighted by Gasteiger charge is 2.15. The van der Waals surface area contributed by atoms with E-state index in [0.29, 0.717) is 21.5 Å². The van der Waals surface area contributed by atoms with E-state index in [1.54, 1.807) is 24.3 Å². The Morgan fingerprint density at radius 2 is 2.05 bits per heavy atom. The van der Waals surface area contributed by atoms with Crippen LogP contribution in [0.25, 0.3) is 11.3 Å². The molecule has 1 heterocycles. The van der Waals surface area contributed by atoms with Crippen molar-refractivity contribution in [1.82, 2.24) is 4.57 Å². The number of nitrogens with zero attached hydrogens (tertiary/aromatic N) is 1. The maximum absolute atomic E-state index is 12.7. The van der Waals surface area contributed by atoms with Crippen molar-refractivity contribution in [2.45, 2.75) is 13.0 Å². The molecule has 1 aromatic heterocycles. The van der Waals surface area contributed by atoms with Gasteiger partial charge in [0.15, 0.2) is 0 Å². The quantitative estimate of drug-likeness (QED) is 0.798. The molecule has 1 aromatic carbocycles. The van der Waals surface area contributed by atoms with Crippen LogP contribution in [0.4, 0.5) is 8.78 Å². The van der Waals surface area contributed by atoms with E-state index in [9.17, 15) is 13.6 Å². The van der Waals surface area contributed by atoms with Gasteiger partial charge in [-0.3, -0.25) is 4.79 Å². The second-order valence-electron chi connectivity index (χ2n) is 4.22. The number of alkyl halides is 2. The van der Waals surface area contributed by atoms with Crippen LogP contribution in [0.15, 0.2) is 39.6 Å². The number of aromatic nitrogens is 1. The molecule has 112 valence electrons. The Hall–Kier alpha value is -1.40. The largest absolute Gasteiger partial charge is 0.497 e. The van der Waals surface area contributed by atoms with E-state index in [1.807, 2.05) is 0 Å². The van der Waals surface area contributed by atoms with Crippen LogP contribution < -0.4 is 10.3 Å². The molecule has 0 N–H and O–H groups in total. The molecule has 2 rings (SSSR count). The highest BCUT2D eigenvalue weighted by Crippen LogP contribution is 2.31. The van der Waals surface area contributed by atoms with E-state index in [1.165, 1.54) is 13.2 Å². The van der Waals surface area contributed by atoms with Gasteiger partial charge in [-0.1, -0.05) is 11.6 Å². The molecule has 0 unspecified atom stereocenters. The molecule has 0 bridgehead atoms. The van der Waals surface area contributed by atoms with E-state index in [4.69, 9.17) is 16.3 Å². The fraction of sp³-hybridized carbons (Fsp3) is 0.214. The molecule has 0 amide bonds. The molecular formula is C14H11BrClF2NO2. The number of hydrogen-bond acceptors (Lipinski definition) is 2. The van der Waals surface area contributed by atoms with Gasteiger partial charge in [0, 0.05) is 10.0 Å². The summed E-state index contributed by atoms with van der Waals surface area (Å²) >= 11 is 9.09. The standard InChI is InChI=1S/C14H11BrClF2NO2/c1-21-8-2-3-9(10(15)6-8)12-5-4-11(16)14(20)19(12)7-13(17)18/h2-6,13H,7H2,1H3. The summed E-state index contributed by atoms with van der Waals surface area (Å²) in [7, 11) is 1.52. The summed E-state index contributed by atoms with van der Waals surface area (Å²) in [5.41, 5.74) is 0.321. The third-order valence-electron chi connectivity index (χ3n) is 2.90. The van der Waals surface area contributed by atoms with Crippen LogP contribution in [0.1, 0.15) is 0 Å². The van der Waals surface area contributed by atoms with Crippen molar-refractivity contribution in [1.29, 1.82) is 0 Å². The van der Waals surface area contributed by atoms with Crippen LogP contribution in [0, 0.1) is 0 Å². The molecule has 0 atom stereocenters. The number of halogens is 4. The van der Waals surface area contributed by atoms with Gasteiger partial charge in [0.05, 0.1) is 19.3 Å². The van der Waals surface area contributed by atoms with Gasteiger partial charge in [0.25, 0.3) is 12.0 Å². The van der Waals surface area contributed by atoms with E-state index >= 15 is 0 Å². The Balaban J connectivity index is 2.63. The van der Waals surface area contributed by atoms with Gasteiger partial charge in [-0.15, -0.1) is 0 Å². The molecule has 7 heteroatoms. The summed E-state index contributed by atoms with van der Waals surface area (Å²) in [6, 6.07) is 8.01. The maximum Gasteiger partial charge on any atom is 0.269 e. The highest BCUT2D eigenvalue weighted by molar-refractivity contribution is 9.10. The smallest absolute Gasteiger partial charge is 0.269 e. The molecule has 0 saturated carbocycles. The van der Waals surface area contributed by atoms with Crippen molar-refractivity contribution in [3.63, 3.8) is 0 Å². The van der Waals surface area contributed by atoms with E-state index < -0.39 is 18.5 Å². The highest BCUT2D eigenvalue weighted by atomic mass is 79.9. The van der Waals surface area contributed by atoms with Crippen molar-refractivity contribution in [2.75, 3.05) is 7.11 Å². The minimum absolute atomic E-state index is 0.0935. The zero-order valence-electron chi connectivity index (χ0n) is 10.9. The molecule has 0 aliphatic carbocycles. The second kappa shape index (κ2) is 6.58. The summed E-state index contributed by atoms with van der Waals surface area (Å²) in [4.78, 5) is 12.0. The number of hydrogen-bond donors (Lipinski definition) is 0. The summed E-state index contributed by atoms with van der Waals surface area (Å²) < 4.78 is 32.1. The van der Waals surface area contributed by atoms with E-state index in [0.717, 1.165) is 4.57 Å². The third-order valence-corrected chi connectivity index (χ3v) is 3.84. The zero-order chi connectivity index (χ0) is 15.6. The molecule has 0 radical (unpaired) electrons. The number of rotatable bonds is 4. The summed E-state index contributed by atoms with van der Waals surface area (Å²) in [6.07, 6.45) is -2.66. The molecule has 21 heavy (non-hydrogen) atoms. The normalized spacial score (nSPS) is 11.0. The SMILES string of the molecule is COc1ccc(-c2ccc(Cl)c(=O)n2CC(F)F)c(Br)c1. The molecule has 0 fully saturated rings. The monoisotopic (exact) mass is 377 g/mol. The molecular weight excluding hydrogens is 368 g/mol. The topological polar surface area (TPSA) is 31.2 Å². The molecule has 0 spiro atoms. The lowest BCUT2D eigenvalue weighted by molar-refractivity contribution is 0.126. The van der Waals surface area contributed by atoms with E-state index in [-0.39, 0.29) is 5.02 Å². The average molecular weight is 379 g/mol. The number of pyridine rings is 1. The first kappa shape index (κ1) is 16.0. The average Bonchev–Trinajstić information content (AvgIpc) is 2.44. The first-order valence-electron chi connectivity index (χ1n) is 5.95. The summed E-state index contributed by atoms with van der Waals surface area (Å²) in [5.74, 6) is 0.613. The van der Waals surface area contributed by atoms with Gasteiger partial charge in [0.2, 0.25) is 0 Å². The fourth-order valence-electron chi connectivity index (χ4n) is 1.94. The van der Waals surface area contributed by atoms with Crippen LogP contribution in [0.2, 0.25) is 5.02 Å². The molecule has 0 aliphatic rings. The van der Waals surface area contributed by atoms with Crippen molar-refractivity contribution in [3.8, 4) is 17.0 Å². The number of benzene rings is 1. The second-order valence-corrected chi connectivity index (χ2v) is 5.48. The fourth-order valence-corrected chi connectivity index (χ4v) is 2.66. The predicted molar refractivity (Wildman–Crippen MR) is 81.4 cm³/mol. The van der Waals surface area contributed by atoms with Gasteiger partial charge >= 0.3 is 0 Å². The zero-order valence-corrected chi connectivity index (χ0v) is 13.3. The van der Waals surface area contributed by atoms with Gasteiger partial charge in [-0.25, -0.2) is 8.78 Å². The first-order valence-corrected chi connectivity index (χ1v) is 7.12. The molecule has 0 aliphatic heterocycles. The van der Waals surface area contributed by atoms with Gasteiger partial charge in [-0.05, 0) is 46.3 Å². The molecule has 0 saturated heterocycles. The van der Waals surface area contributed by atoms with Crippen LogP contribution >= 0.6 is 27.5 Å². The predicted octanol–water partition coefficient (Wildman–Crippen LogP) is 4.20. The third kappa shape index (κ3) is 3.44. The van der Waals surface area contributed by atoms with Crippen molar-refractivity contribution in [3.05, 3.63) is 50.2 Å². The number of ether oxygens (including phenoxy) is 1. The van der Waals surface area contributed by atoms with Crippen LogP contribution in [-0.4, -0.2) is 18.1 Å². The minimum atomic E-state index is -2.66. The molecule has 3 nitrogen and oxygen atoms in total. The summed E-state index contributed by atoms with van der Waals surface area (Å²) in [6.45, 7) is -0.715. The molecule has 2 aromatic rings. The maximum atomic E-state index is 12.7.